The fraction of sp³-hybridized carbons (Fsp3) is 0.875. The van der Waals surface area contributed by atoms with Crippen molar-refractivity contribution in [2.75, 3.05) is 13.2 Å². The van der Waals surface area contributed by atoms with Gasteiger partial charge in [-0.1, -0.05) is 0 Å². The maximum Gasteiger partial charge on any atom is 0.309 e. The summed E-state index contributed by atoms with van der Waals surface area (Å²) in [5.41, 5.74) is 5.45. The van der Waals surface area contributed by atoms with Crippen molar-refractivity contribution in [2.24, 2.45) is 17.6 Å². The van der Waals surface area contributed by atoms with Gasteiger partial charge in [0, 0.05) is 0 Å². The summed E-state index contributed by atoms with van der Waals surface area (Å²) in [5.74, 6) is 0.420. The van der Waals surface area contributed by atoms with E-state index in [0.29, 0.717) is 19.1 Å². The molecule has 2 N–H and O–H groups in total. The lowest BCUT2D eigenvalue weighted by molar-refractivity contribution is -0.153. The highest BCUT2D eigenvalue weighted by Gasteiger charge is 2.36. The van der Waals surface area contributed by atoms with E-state index in [1.54, 1.807) is 0 Å². The smallest absolute Gasteiger partial charge is 0.309 e. The van der Waals surface area contributed by atoms with Gasteiger partial charge in [0.1, 0.15) is 0 Å². The Morgan fingerprint density at radius 1 is 1.64 bits per heavy atom. The van der Waals surface area contributed by atoms with Crippen molar-refractivity contribution in [3.63, 3.8) is 0 Å². The molecule has 0 heterocycles. The van der Waals surface area contributed by atoms with E-state index in [9.17, 15) is 4.79 Å². The highest BCUT2D eigenvalue weighted by atomic mass is 16.5. The zero-order valence-corrected chi connectivity index (χ0v) is 6.88. The lowest BCUT2D eigenvalue weighted by Gasteiger charge is -2.33. The molecule has 3 nitrogen and oxygen atoms in total. The molecule has 0 aliphatic heterocycles. The topological polar surface area (TPSA) is 52.3 Å². The molecule has 3 heteroatoms. The number of esters is 1. The lowest BCUT2D eigenvalue weighted by atomic mass is 9.74. The molecule has 1 aliphatic rings. The molecule has 0 bridgehead atoms. The lowest BCUT2D eigenvalue weighted by Crippen LogP contribution is -2.38. The van der Waals surface area contributed by atoms with Crippen molar-refractivity contribution in [1.29, 1.82) is 0 Å². The van der Waals surface area contributed by atoms with Crippen LogP contribution in [0.4, 0.5) is 0 Å². The van der Waals surface area contributed by atoms with Crippen molar-refractivity contribution < 1.29 is 9.53 Å². The van der Waals surface area contributed by atoms with Crippen LogP contribution in [0.3, 0.4) is 0 Å². The van der Waals surface area contributed by atoms with Gasteiger partial charge in [0.15, 0.2) is 0 Å². The molecule has 0 radical (unpaired) electrons. The molecule has 11 heavy (non-hydrogen) atoms. The Morgan fingerprint density at radius 2 is 2.36 bits per heavy atom. The Kier molecular flexibility index (Phi) is 2.88. The number of hydrogen-bond acceptors (Lipinski definition) is 3. The Balaban J connectivity index is 2.30. The predicted molar refractivity (Wildman–Crippen MR) is 41.9 cm³/mol. The molecular weight excluding hydrogens is 142 g/mol. The third-order valence-electron chi connectivity index (χ3n) is 2.31. The van der Waals surface area contributed by atoms with Gasteiger partial charge in [0.2, 0.25) is 0 Å². The fourth-order valence-electron chi connectivity index (χ4n) is 1.41. The molecule has 1 saturated carbocycles. The van der Waals surface area contributed by atoms with E-state index in [-0.39, 0.29) is 11.9 Å². The van der Waals surface area contributed by atoms with Crippen LogP contribution in [0.1, 0.15) is 19.8 Å². The van der Waals surface area contributed by atoms with Crippen molar-refractivity contribution in [3.8, 4) is 0 Å². The maximum atomic E-state index is 11.1. The minimum Gasteiger partial charge on any atom is -0.466 e. The molecule has 0 aromatic carbocycles. The van der Waals surface area contributed by atoms with Crippen LogP contribution < -0.4 is 5.73 Å². The molecule has 0 saturated heterocycles. The molecule has 0 aromatic rings. The number of nitrogens with two attached hydrogens (primary N) is 1. The van der Waals surface area contributed by atoms with Crippen LogP contribution in [0.5, 0.6) is 0 Å². The summed E-state index contributed by atoms with van der Waals surface area (Å²) in [7, 11) is 0. The summed E-state index contributed by atoms with van der Waals surface area (Å²) in [4.78, 5) is 11.1. The van der Waals surface area contributed by atoms with E-state index in [4.69, 9.17) is 10.5 Å². The Morgan fingerprint density at radius 3 is 2.73 bits per heavy atom. The monoisotopic (exact) mass is 157 g/mol. The van der Waals surface area contributed by atoms with Crippen LogP contribution in [0.15, 0.2) is 0 Å². The molecule has 0 aromatic heterocycles. The van der Waals surface area contributed by atoms with Crippen LogP contribution >= 0.6 is 0 Å². The summed E-state index contributed by atoms with van der Waals surface area (Å²) >= 11 is 0. The summed E-state index contributed by atoms with van der Waals surface area (Å²) in [6.45, 7) is 2.92. The number of ether oxygens (including phenoxy) is 1. The molecule has 2 atom stereocenters. The average Bonchev–Trinajstić information content (AvgIpc) is 1.86. The van der Waals surface area contributed by atoms with Crippen molar-refractivity contribution in [2.45, 2.75) is 19.8 Å². The first kappa shape index (κ1) is 8.53. The number of rotatable bonds is 3. The average molecular weight is 157 g/mol. The molecule has 1 fully saturated rings. The van der Waals surface area contributed by atoms with Crippen molar-refractivity contribution in [3.05, 3.63) is 0 Å². The van der Waals surface area contributed by atoms with E-state index in [0.717, 1.165) is 12.8 Å². The Bertz CT molecular complexity index is 145. The molecule has 0 amide bonds. The molecule has 1 aliphatic carbocycles. The highest BCUT2D eigenvalue weighted by Crippen LogP contribution is 2.34. The number of carbonyl (C=O) groups excluding carboxylic acids is 1. The summed E-state index contributed by atoms with van der Waals surface area (Å²) < 4.78 is 4.88. The minimum absolute atomic E-state index is 0.0609. The summed E-state index contributed by atoms with van der Waals surface area (Å²) in [6, 6.07) is 0. The first-order chi connectivity index (χ1) is 5.29. The predicted octanol–water partition coefficient (Wildman–Crippen LogP) is 0.534. The van der Waals surface area contributed by atoms with Gasteiger partial charge >= 0.3 is 5.97 Å². The molecule has 64 valence electrons. The van der Waals surface area contributed by atoms with Crippen LogP contribution in [0, 0.1) is 11.8 Å². The van der Waals surface area contributed by atoms with Crippen LogP contribution in [0.2, 0.25) is 0 Å². The zero-order valence-electron chi connectivity index (χ0n) is 6.88. The van der Waals surface area contributed by atoms with E-state index < -0.39 is 0 Å². The molecule has 0 spiro atoms. The zero-order chi connectivity index (χ0) is 8.27. The maximum absolute atomic E-state index is 11.1. The van der Waals surface area contributed by atoms with E-state index in [1.807, 2.05) is 6.92 Å². The summed E-state index contributed by atoms with van der Waals surface area (Å²) in [5, 5.41) is 0. The number of carbonyl (C=O) groups is 1. The SMILES string of the molecule is CCOC(=O)[C@@H]1CC[C@H]1CN. The second-order valence-corrected chi connectivity index (χ2v) is 2.93. The molecule has 0 unspecified atom stereocenters. The van der Waals surface area contributed by atoms with Gasteiger partial charge < -0.3 is 10.5 Å². The van der Waals surface area contributed by atoms with Crippen molar-refractivity contribution in [1.82, 2.24) is 0 Å². The van der Waals surface area contributed by atoms with Gasteiger partial charge in [-0.3, -0.25) is 4.79 Å². The Hall–Kier alpha value is -0.570. The van der Waals surface area contributed by atoms with Gasteiger partial charge in [0.25, 0.3) is 0 Å². The third kappa shape index (κ3) is 1.71. The van der Waals surface area contributed by atoms with Crippen LogP contribution in [0.25, 0.3) is 0 Å². The van der Waals surface area contributed by atoms with Gasteiger partial charge in [-0.05, 0) is 32.2 Å². The van der Waals surface area contributed by atoms with Gasteiger partial charge in [-0.25, -0.2) is 0 Å². The largest absolute Gasteiger partial charge is 0.466 e. The highest BCUT2D eigenvalue weighted by molar-refractivity contribution is 5.73. The Labute approximate surface area is 66.9 Å². The van der Waals surface area contributed by atoms with Crippen LogP contribution in [-0.4, -0.2) is 19.1 Å². The minimum atomic E-state index is -0.0609. The standard InChI is InChI=1S/C8H15NO2/c1-2-11-8(10)7-4-3-6(7)5-9/h6-7H,2-5,9H2,1H3/t6-,7+/m0/s1. The summed E-state index contributed by atoms with van der Waals surface area (Å²) in [6.07, 6.45) is 2.04. The molecule has 1 rings (SSSR count). The van der Waals surface area contributed by atoms with Crippen molar-refractivity contribution >= 4 is 5.97 Å². The van der Waals surface area contributed by atoms with E-state index >= 15 is 0 Å². The normalized spacial score (nSPS) is 29.3. The van der Waals surface area contributed by atoms with Gasteiger partial charge in [0.05, 0.1) is 12.5 Å². The third-order valence-corrected chi connectivity index (χ3v) is 2.31. The van der Waals surface area contributed by atoms with Crippen LogP contribution in [-0.2, 0) is 9.53 Å². The quantitative estimate of drug-likeness (QED) is 0.608. The van der Waals surface area contributed by atoms with Gasteiger partial charge in [-0.15, -0.1) is 0 Å². The molecular formula is C8H15NO2. The first-order valence-corrected chi connectivity index (χ1v) is 4.16. The number of hydrogen-bond donors (Lipinski definition) is 1. The van der Waals surface area contributed by atoms with Gasteiger partial charge in [-0.2, -0.15) is 0 Å². The first-order valence-electron chi connectivity index (χ1n) is 4.16. The van der Waals surface area contributed by atoms with E-state index in [1.165, 1.54) is 0 Å². The van der Waals surface area contributed by atoms with E-state index in [2.05, 4.69) is 0 Å². The second-order valence-electron chi connectivity index (χ2n) is 2.93. The fourth-order valence-corrected chi connectivity index (χ4v) is 1.41. The second kappa shape index (κ2) is 3.72.